The van der Waals surface area contributed by atoms with Gasteiger partial charge in [0, 0.05) is 62.0 Å². The van der Waals surface area contributed by atoms with Crippen molar-refractivity contribution in [2.75, 3.05) is 19.6 Å². The average Bonchev–Trinajstić information content (AvgIpc) is 1.65. The predicted octanol–water partition coefficient (Wildman–Crippen LogP) is 10.3. The first-order valence-corrected chi connectivity index (χ1v) is 29.5. The molecule has 12 rings (SSSR count). The van der Waals surface area contributed by atoms with Gasteiger partial charge in [-0.05, 0) is 114 Å². The van der Waals surface area contributed by atoms with Gasteiger partial charge in [0.1, 0.15) is 17.2 Å². The van der Waals surface area contributed by atoms with Gasteiger partial charge in [-0.15, -0.1) is 12.4 Å². The van der Waals surface area contributed by atoms with Crippen LogP contribution in [0.2, 0.25) is 0 Å². The van der Waals surface area contributed by atoms with Crippen LogP contribution >= 0.6 is 12.4 Å². The Labute approximate surface area is 552 Å². The summed E-state index contributed by atoms with van der Waals surface area (Å²) >= 11 is 0. The van der Waals surface area contributed by atoms with E-state index < -0.39 is 70.9 Å². The summed E-state index contributed by atoms with van der Waals surface area (Å²) < 4.78 is 140. The van der Waals surface area contributed by atoms with E-state index in [9.17, 15) is 73.6 Å². The number of carbonyl (C=O) groups is 3. The highest BCUT2D eigenvalue weighted by Crippen LogP contribution is 2.44. The second-order valence-corrected chi connectivity index (χ2v) is 24.1. The van der Waals surface area contributed by atoms with Crippen molar-refractivity contribution in [2.24, 2.45) is 14.1 Å². The standard InChI is InChI=1S/C23H20F3N5O2.C21H21F4N5O2.C20H19F3N6O2.ClH/c1-14-12-30(13-18-11-29-21(31(14)18)22(2,33)23(24,25)26)20(32)17-7-8-28-19(9-17)16-5-3-15(10-27)4-6-16;1-12-10-29(11-15-9-26-19(30(12)15)20(2,32)21(23,24)25)18(31)17-8-16(27-28(17)3)13-4-6-14(22)7-5-13;1-11-9-28(10-13-8-25-18(29(11)13)19(2,31)20(21,22)23)17(30)16-14-5-4-12(7-24)6-15(14)26-27(16)3;/h3-9,11,14,33H,12-13H2,1-2H3;4-9,12,32H,10-11H2,1-3H3;4-6,8,11,31H,9-10H2,1-3H3;1H/t14-,22+;12-,20+;11-,19+;/m000./s1. The third-order valence-corrected chi connectivity index (χ3v) is 17.0. The van der Waals surface area contributed by atoms with E-state index >= 15 is 0 Å². The van der Waals surface area contributed by atoms with Crippen LogP contribution in [0.25, 0.3) is 33.4 Å². The molecule has 3 aliphatic heterocycles. The molecule has 22 nitrogen and oxygen atoms in total. The van der Waals surface area contributed by atoms with Crippen molar-refractivity contribution in [3.63, 3.8) is 0 Å². The van der Waals surface area contributed by atoms with Crippen molar-refractivity contribution in [1.82, 2.24) is 67.9 Å². The highest BCUT2D eigenvalue weighted by atomic mass is 35.5. The third-order valence-electron chi connectivity index (χ3n) is 17.0. The number of nitriles is 2. The molecule has 3 aromatic carbocycles. The quantitative estimate of drug-likeness (QED) is 0.119. The number of hydrogen-bond donors (Lipinski definition) is 3. The number of amides is 3. The van der Waals surface area contributed by atoms with Crippen molar-refractivity contribution in [2.45, 2.75) is 115 Å². The highest BCUT2D eigenvalue weighted by molar-refractivity contribution is 6.05. The minimum atomic E-state index is -4.90. The van der Waals surface area contributed by atoms with Crippen LogP contribution in [0.3, 0.4) is 0 Å². The van der Waals surface area contributed by atoms with E-state index in [1.165, 1.54) is 74.7 Å². The molecular formula is C64H61ClF10N16O6. The van der Waals surface area contributed by atoms with Crippen molar-refractivity contribution in [3.05, 3.63) is 178 Å². The maximum atomic E-state index is 13.4. The number of alkyl halides is 9. The van der Waals surface area contributed by atoms with E-state index in [1.807, 2.05) is 12.1 Å². The Morgan fingerprint density at radius 3 is 1.37 bits per heavy atom. The summed E-state index contributed by atoms with van der Waals surface area (Å²) in [4.78, 5) is 60.0. The Morgan fingerprint density at radius 2 is 0.928 bits per heavy atom. The lowest BCUT2D eigenvalue weighted by Gasteiger charge is -2.36. The lowest BCUT2D eigenvalue weighted by atomic mass is 10.0. The maximum absolute atomic E-state index is 13.4. The van der Waals surface area contributed by atoms with Crippen LogP contribution in [0.15, 0.2) is 110 Å². The molecule has 0 saturated heterocycles. The van der Waals surface area contributed by atoms with Gasteiger partial charge in [-0.2, -0.15) is 60.2 Å². The zero-order valence-electron chi connectivity index (χ0n) is 52.8. The summed E-state index contributed by atoms with van der Waals surface area (Å²) in [7, 11) is 3.23. The second kappa shape index (κ2) is 26.2. The molecule has 0 aliphatic carbocycles. The summed E-state index contributed by atoms with van der Waals surface area (Å²) in [6.07, 6.45) is -9.40. The summed E-state index contributed by atoms with van der Waals surface area (Å²) in [6, 6.07) is 24.6. The number of aliphatic hydroxyl groups is 3. The number of aryl methyl sites for hydroxylation is 2. The summed E-state index contributed by atoms with van der Waals surface area (Å²) in [5, 5.41) is 57.5. The van der Waals surface area contributed by atoms with Crippen LogP contribution < -0.4 is 0 Å². The molecule has 3 aliphatic rings. The van der Waals surface area contributed by atoms with Crippen molar-refractivity contribution in [3.8, 4) is 34.7 Å². The van der Waals surface area contributed by atoms with Crippen LogP contribution in [-0.4, -0.2) is 139 Å². The molecular weight excluding hydrogens is 1310 g/mol. The van der Waals surface area contributed by atoms with E-state index in [2.05, 4.69) is 30.1 Å². The molecule has 0 saturated carbocycles. The molecule has 33 heteroatoms. The molecule has 0 unspecified atom stereocenters. The fraction of sp³-hybridized carbons (Fsp3) is 0.359. The molecule has 3 amide bonds. The van der Waals surface area contributed by atoms with Crippen LogP contribution in [-0.2, 0) is 50.5 Å². The van der Waals surface area contributed by atoms with Crippen LogP contribution in [0.1, 0.15) is 137 Å². The topological polar surface area (TPSA) is 271 Å². The van der Waals surface area contributed by atoms with Gasteiger partial charge in [-0.25, -0.2) is 19.3 Å². The molecule has 6 aromatic heterocycles. The monoisotopic (exact) mass is 1370 g/mol. The fourth-order valence-electron chi connectivity index (χ4n) is 11.8. The van der Waals surface area contributed by atoms with E-state index in [1.54, 1.807) is 108 Å². The van der Waals surface area contributed by atoms with Gasteiger partial charge in [0.05, 0.1) is 114 Å². The van der Waals surface area contributed by atoms with Gasteiger partial charge >= 0.3 is 18.5 Å². The number of nitrogens with zero attached hydrogens (tertiary/aromatic N) is 16. The normalized spacial score (nSPS) is 18.0. The molecule has 3 N–H and O–H groups in total. The number of halogens is 11. The number of pyridine rings is 1. The molecule has 0 spiro atoms. The zero-order valence-corrected chi connectivity index (χ0v) is 53.6. The first kappa shape index (κ1) is 71.3. The van der Waals surface area contributed by atoms with Crippen LogP contribution in [0, 0.1) is 28.5 Å². The summed E-state index contributed by atoms with van der Waals surface area (Å²) in [6.45, 7) is 7.54. The molecule has 9 aromatic rings. The first-order chi connectivity index (χ1) is 44.9. The van der Waals surface area contributed by atoms with Gasteiger partial charge in [-0.3, -0.25) is 28.7 Å². The lowest BCUT2D eigenvalue weighted by Crippen LogP contribution is -2.46. The molecule has 9 heterocycles. The average molecular weight is 1380 g/mol. The Balaban J connectivity index is 0.000000170. The number of benzene rings is 3. The summed E-state index contributed by atoms with van der Waals surface area (Å²) in [5.41, 5.74) is -3.28. The third kappa shape index (κ3) is 13.4. The number of carbonyl (C=O) groups excluding carboxylic acids is 3. The van der Waals surface area contributed by atoms with Crippen molar-refractivity contribution in [1.29, 1.82) is 10.5 Å². The van der Waals surface area contributed by atoms with Gasteiger partial charge in [0.2, 0.25) is 16.8 Å². The summed E-state index contributed by atoms with van der Waals surface area (Å²) in [5.74, 6) is -2.85. The number of imidazole rings is 3. The second-order valence-electron chi connectivity index (χ2n) is 24.1. The molecule has 6 atom stereocenters. The first-order valence-electron chi connectivity index (χ1n) is 29.5. The van der Waals surface area contributed by atoms with Crippen LogP contribution in [0.4, 0.5) is 43.9 Å². The Hall–Kier alpha value is -10.0. The Kier molecular flexibility index (Phi) is 19.2. The minimum absolute atomic E-state index is 0. The van der Waals surface area contributed by atoms with E-state index in [0.717, 1.165) is 5.56 Å². The smallest absolute Gasteiger partial charge is 0.374 e. The van der Waals surface area contributed by atoms with Crippen molar-refractivity contribution < 1.29 is 73.6 Å². The minimum Gasteiger partial charge on any atom is -0.374 e. The Morgan fingerprint density at radius 1 is 0.515 bits per heavy atom. The molecule has 0 radical (unpaired) electrons. The van der Waals surface area contributed by atoms with Gasteiger partial charge in [-0.1, -0.05) is 12.1 Å². The zero-order chi connectivity index (χ0) is 70.1. The Bertz CT molecular complexity index is 4550. The largest absolute Gasteiger partial charge is 0.424 e. The number of hydrogen-bond acceptors (Lipinski definition) is 14. The SMILES string of the molecule is C[C@H]1CN(C(=O)c2c3ccc(C#N)cc3nn2C)Cc2cnc([C@@](C)(O)C(F)(F)F)n21.C[C@H]1CN(C(=O)c2cc(-c3ccc(F)cc3)nn2C)Cc2cnc([C@@](C)(O)C(F)(F)F)n21.C[C@H]1CN(C(=O)c2ccnc(-c3ccc(C#N)cc3)c2)Cc2cnc([C@@](C)(O)C(F)(F)F)n21.Cl. The number of fused-ring (bicyclic) bond motifs is 4. The number of rotatable bonds is 8. The molecule has 97 heavy (non-hydrogen) atoms. The molecule has 510 valence electrons. The van der Waals surface area contributed by atoms with Crippen LogP contribution in [0.5, 0.6) is 0 Å². The van der Waals surface area contributed by atoms with Crippen molar-refractivity contribution >= 4 is 41.0 Å². The molecule has 0 bridgehead atoms. The van der Waals surface area contributed by atoms with E-state index in [-0.39, 0.29) is 80.9 Å². The van der Waals surface area contributed by atoms with E-state index in [0.29, 0.717) is 88.1 Å². The fourth-order valence-corrected chi connectivity index (χ4v) is 11.8. The van der Waals surface area contributed by atoms with Gasteiger partial charge < -0.3 is 43.7 Å². The van der Waals surface area contributed by atoms with Gasteiger partial charge in [0.15, 0.2) is 17.5 Å². The predicted molar refractivity (Wildman–Crippen MR) is 328 cm³/mol. The lowest BCUT2D eigenvalue weighted by molar-refractivity contribution is -0.263. The maximum Gasteiger partial charge on any atom is 0.424 e. The number of aromatic nitrogens is 11. The van der Waals surface area contributed by atoms with E-state index in [4.69, 9.17) is 10.5 Å². The highest BCUT2D eigenvalue weighted by Gasteiger charge is 2.57. The molecule has 0 fully saturated rings. The van der Waals surface area contributed by atoms with Gasteiger partial charge in [0.25, 0.3) is 17.7 Å².